The molecule has 16 heavy (non-hydrogen) atoms. The van der Waals surface area contributed by atoms with Crippen LogP contribution < -0.4 is 0 Å². The Labute approximate surface area is 94.5 Å². The van der Waals surface area contributed by atoms with Crippen molar-refractivity contribution in [2.24, 2.45) is 0 Å². The van der Waals surface area contributed by atoms with E-state index in [0.717, 1.165) is 22.6 Å². The topological polar surface area (TPSA) is 37.3 Å². The van der Waals surface area contributed by atoms with Gasteiger partial charge < -0.3 is 9.90 Å². The molecule has 2 heteroatoms. The van der Waals surface area contributed by atoms with Crippen molar-refractivity contribution < 1.29 is 9.90 Å². The maximum atomic E-state index is 10.5. The van der Waals surface area contributed by atoms with Gasteiger partial charge in [-0.15, -0.1) is 0 Å². The number of rotatable bonds is 3. The molecule has 0 bridgehead atoms. The molecule has 2 nitrogen and oxygen atoms in total. The van der Waals surface area contributed by atoms with Gasteiger partial charge in [0.05, 0.1) is 0 Å². The molecule has 1 unspecified atom stereocenters. The minimum Gasteiger partial charge on any atom is -0.508 e. The minimum absolute atomic E-state index is 0.0575. The lowest BCUT2D eigenvalue weighted by atomic mass is 9.95. The molecular formula is C14H14O2. The van der Waals surface area contributed by atoms with Crippen molar-refractivity contribution in [3.05, 3.63) is 42.0 Å². The molecule has 0 saturated carbocycles. The number of aromatic hydroxyl groups is 1. The molecule has 0 aliphatic carbocycles. The third-order valence-electron chi connectivity index (χ3n) is 2.88. The summed E-state index contributed by atoms with van der Waals surface area (Å²) in [5.41, 5.74) is 0.839. The van der Waals surface area contributed by atoms with E-state index in [4.69, 9.17) is 0 Å². The summed E-state index contributed by atoms with van der Waals surface area (Å²) in [6.45, 7) is 1.94. The Morgan fingerprint density at radius 1 is 1.25 bits per heavy atom. The highest BCUT2D eigenvalue weighted by molar-refractivity contribution is 5.85. The Morgan fingerprint density at radius 3 is 2.50 bits per heavy atom. The number of carbonyl (C=O) groups excluding carboxylic acids is 1. The average molecular weight is 214 g/mol. The molecule has 2 rings (SSSR count). The van der Waals surface area contributed by atoms with E-state index < -0.39 is 0 Å². The van der Waals surface area contributed by atoms with E-state index in [-0.39, 0.29) is 11.7 Å². The third kappa shape index (κ3) is 1.91. The summed E-state index contributed by atoms with van der Waals surface area (Å²) in [5.74, 6) is 0.329. The Hall–Kier alpha value is -1.83. The molecule has 0 aliphatic heterocycles. The molecule has 0 spiro atoms. The number of phenols is 1. The van der Waals surface area contributed by atoms with E-state index >= 15 is 0 Å². The zero-order chi connectivity index (χ0) is 11.5. The van der Waals surface area contributed by atoms with Crippen molar-refractivity contribution in [3.8, 4) is 5.75 Å². The second kappa shape index (κ2) is 4.35. The summed E-state index contributed by atoms with van der Waals surface area (Å²) in [7, 11) is 0. The zero-order valence-electron chi connectivity index (χ0n) is 9.18. The van der Waals surface area contributed by atoms with Crippen molar-refractivity contribution in [2.75, 3.05) is 0 Å². The Balaban J connectivity index is 2.53. The Bertz CT molecular complexity index is 517. The number of hydrogen-bond acceptors (Lipinski definition) is 2. The first-order valence-corrected chi connectivity index (χ1v) is 5.37. The third-order valence-corrected chi connectivity index (χ3v) is 2.88. The number of phenolic OH excluding ortho intramolecular Hbond substituents is 1. The standard InChI is InChI=1S/C14H14O2/c1-10(6-7-15)13-8-11-4-2-3-5-12(11)9-14(13)16/h2-5,7-10,16H,6H2,1H3. The summed E-state index contributed by atoms with van der Waals surface area (Å²) in [5, 5.41) is 12.0. The largest absolute Gasteiger partial charge is 0.508 e. The van der Waals surface area contributed by atoms with Crippen molar-refractivity contribution in [1.82, 2.24) is 0 Å². The quantitative estimate of drug-likeness (QED) is 0.796. The van der Waals surface area contributed by atoms with Gasteiger partial charge in [0.25, 0.3) is 0 Å². The average Bonchev–Trinajstić information content (AvgIpc) is 2.28. The van der Waals surface area contributed by atoms with Crippen LogP contribution in [0, 0.1) is 0 Å². The van der Waals surface area contributed by atoms with Gasteiger partial charge in [-0.1, -0.05) is 31.2 Å². The molecule has 0 radical (unpaired) electrons. The fraction of sp³-hybridized carbons (Fsp3) is 0.214. The van der Waals surface area contributed by atoms with Crippen molar-refractivity contribution in [2.45, 2.75) is 19.3 Å². The van der Waals surface area contributed by atoms with Crippen LogP contribution in [0.1, 0.15) is 24.8 Å². The number of aldehydes is 1. The highest BCUT2D eigenvalue weighted by atomic mass is 16.3. The molecule has 0 saturated heterocycles. The number of carbonyl (C=O) groups is 1. The summed E-state index contributed by atoms with van der Waals surface area (Å²) in [4.78, 5) is 10.5. The van der Waals surface area contributed by atoms with Crippen LogP contribution in [0.4, 0.5) is 0 Å². The van der Waals surface area contributed by atoms with Gasteiger partial charge in [-0.2, -0.15) is 0 Å². The van der Waals surface area contributed by atoms with Crippen LogP contribution in [-0.2, 0) is 4.79 Å². The lowest BCUT2D eigenvalue weighted by molar-refractivity contribution is -0.108. The second-order valence-corrected chi connectivity index (χ2v) is 4.06. The number of fused-ring (bicyclic) bond motifs is 1. The van der Waals surface area contributed by atoms with Crippen LogP contribution in [-0.4, -0.2) is 11.4 Å². The first-order chi connectivity index (χ1) is 7.72. The van der Waals surface area contributed by atoms with E-state index in [1.807, 2.05) is 37.3 Å². The van der Waals surface area contributed by atoms with Crippen molar-refractivity contribution in [3.63, 3.8) is 0 Å². The first-order valence-electron chi connectivity index (χ1n) is 5.37. The molecule has 0 amide bonds. The van der Waals surface area contributed by atoms with E-state index in [2.05, 4.69) is 0 Å². The predicted molar refractivity (Wildman–Crippen MR) is 64.7 cm³/mol. The monoisotopic (exact) mass is 214 g/mol. The van der Waals surface area contributed by atoms with E-state index in [0.29, 0.717) is 6.42 Å². The molecule has 1 N–H and O–H groups in total. The molecule has 82 valence electrons. The maximum absolute atomic E-state index is 10.5. The van der Waals surface area contributed by atoms with Gasteiger partial charge in [-0.25, -0.2) is 0 Å². The van der Waals surface area contributed by atoms with Crippen molar-refractivity contribution >= 4 is 17.1 Å². The summed E-state index contributed by atoms with van der Waals surface area (Å²) >= 11 is 0. The van der Waals surface area contributed by atoms with Crippen LogP contribution in [0.2, 0.25) is 0 Å². The van der Waals surface area contributed by atoms with Gasteiger partial charge in [0.1, 0.15) is 12.0 Å². The summed E-state index contributed by atoms with van der Waals surface area (Å²) < 4.78 is 0. The maximum Gasteiger partial charge on any atom is 0.120 e. The van der Waals surface area contributed by atoms with Crippen LogP contribution in [0.25, 0.3) is 10.8 Å². The molecule has 0 aliphatic rings. The molecular weight excluding hydrogens is 200 g/mol. The lowest BCUT2D eigenvalue weighted by Crippen LogP contribution is -1.95. The van der Waals surface area contributed by atoms with E-state index in [1.165, 1.54) is 0 Å². The van der Waals surface area contributed by atoms with E-state index in [1.54, 1.807) is 6.07 Å². The summed E-state index contributed by atoms with van der Waals surface area (Å²) in [6.07, 6.45) is 1.32. The fourth-order valence-electron chi connectivity index (χ4n) is 1.91. The first kappa shape index (κ1) is 10.7. The minimum atomic E-state index is 0.0575. The predicted octanol–water partition coefficient (Wildman–Crippen LogP) is 3.24. The Morgan fingerprint density at radius 2 is 1.88 bits per heavy atom. The van der Waals surface area contributed by atoms with Crippen LogP contribution in [0.3, 0.4) is 0 Å². The molecule has 0 heterocycles. The zero-order valence-corrected chi connectivity index (χ0v) is 9.18. The second-order valence-electron chi connectivity index (χ2n) is 4.06. The fourth-order valence-corrected chi connectivity index (χ4v) is 1.91. The highest BCUT2D eigenvalue weighted by Crippen LogP contribution is 2.31. The molecule has 1 atom stereocenters. The molecule has 2 aromatic carbocycles. The Kier molecular flexibility index (Phi) is 2.91. The van der Waals surface area contributed by atoms with E-state index in [9.17, 15) is 9.90 Å². The van der Waals surface area contributed by atoms with Gasteiger partial charge in [-0.3, -0.25) is 0 Å². The number of benzene rings is 2. The molecule has 0 aromatic heterocycles. The smallest absolute Gasteiger partial charge is 0.120 e. The van der Waals surface area contributed by atoms with Gasteiger partial charge >= 0.3 is 0 Å². The van der Waals surface area contributed by atoms with Gasteiger partial charge in [-0.05, 0) is 34.4 Å². The van der Waals surface area contributed by atoms with Gasteiger partial charge in [0, 0.05) is 6.42 Å². The van der Waals surface area contributed by atoms with Crippen LogP contribution in [0.5, 0.6) is 5.75 Å². The van der Waals surface area contributed by atoms with Crippen LogP contribution in [0.15, 0.2) is 36.4 Å². The lowest BCUT2D eigenvalue weighted by Gasteiger charge is -2.11. The highest BCUT2D eigenvalue weighted by Gasteiger charge is 2.10. The summed E-state index contributed by atoms with van der Waals surface area (Å²) in [6, 6.07) is 11.6. The number of hydrogen-bond donors (Lipinski definition) is 1. The molecule has 2 aromatic rings. The SMILES string of the molecule is CC(CC=O)c1cc2ccccc2cc1O. The normalized spacial score (nSPS) is 12.6. The molecule has 0 fully saturated rings. The van der Waals surface area contributed by atoms with Gasteiger partial charge in [0.2, 0.25) is 0 Å². The van der Waals surface area contributed by atoms with Crippen LogP contribution >= 0.6 is 0 Å². The van der Waals surface area contributed by atoms with Gasteiger partial charge in [0.15, 0.2) is 0 Å². The van der Waals surface area contributed by atoms with Crippen molar-refractivity contribution in [1.29, 1.82) is 0 Å².